The lowest BCUT2D eigenvalue weighted by Crippen LogP contribution is -2.46. The maximum Gasteiger partial charge on any atom is 0.326 e. The first-order valence-electron chi connectivity index (χ1n) is 6.70. The van der Waals surface area contributed by atoms with Crippen molar-refractivity contribution >= 4 is 35.1 Å². The van der Waals surface area contributed by atoms with Crippen molar-refractivity contribution in [3.05, 3.63) is 21.4 Å². The molecule has 1 aromatic heterocycles. The van der Waals surface area contributed by atoms with E-state index in [2.05, 4.69) is 10.6 Å². The number of rotatable bonds is 7. The zero-order valence-electron chi connectivity index (χ0n) is 12.7. The molecule has 1 rings (SSSR count). The van der Waals surface area contributed by atoms with Crippen LogP contribution >= 0.6 is 23.1 Å². The van der Waals surface area contributed by atoms with Gasteiger partial charge >= 0.3 is 12.0 Å². The molecule has 1 unspecified atom stereocenters. The zero-order valence-corrected chi connectivity index (χ0v) is 14.4. The molecule has 0 aliphatic heterocycles. The fourth-order valence-corrected chi connectivity index (χ4v) is 3.54. The van der Waals surface area contributed by atoms with Crippen molar-refractivity contribution in [2.24, 2.45) is 0 Å². The summed E-state index contributed by atoms with van der Waals surface area (Å²) in [6.07, 6.45) is 2.32. The number of nitrogens with one attached hydrogen (secondary N) is 2. The highest BCUT2D eigenvalue weighted by atomic mass is 32.2. The first-order chi connectivity index (χ1) is 9.85. The van der Waals surface area contributed by atoms with Crippen molar-refractivity contribution in [2.45, 2.75) is 39.3 Å². The summed E-state index contributed by atoms with van der Waals surface area (Å²) in [6.45, 7) is 5.93. The van der Waals surface area contributed by atoms with E-state index >= 15 is 0 Å². The second kappa shape index (κ2) is 8.29. The highest BCUT2D eigenvalue weighted by Crippen LogP contribution is 2.25. The highest BCUT2D eigenvalue weighted by Gasteiger charge is 2.21. The van der Waals surface area contributed by atoms with Crippen molar-refractivity contribution in [3.8, 4) is 0 Å². The van der Waals surface area contributed by atoms with Crippen molar-refractivity contribution in [3.63, 3.8) is 0 Å². The minimum Gasteiger partial charge on any atom is -0.480 e. The molecule has 118 valence electrons. The Morgan fingerprint density at radius 2 is 2.05 bits per heavy atom. The van der Waals surface area contributed by atoms with Gasteiger partial charge in [0.25, 0.3) is 0 Å². The molecule has 0 spiro atoms. The van der Waals surface area contributed by atoms with E-state index < -0.39 is 18.0 Å². The summed E-state index contributed by atoms with van der Waals surface area (Å²) < 4.78 is 0. The van der Waals surface area contributed by atoms with E-state index in [0.717, 1.165) is 10.4 Å². The number of hydrogen-bond donors (Lipinski definition) is 3. The molecular formula is C14H22N2O3S2. The fourth-order valence-electron chi connectivity index (χ4n) is 2.05. The lowest BCUT2D eigenvalue weighted by Gasteiger charge is -2.18. The minimum absolute atomic E-state index is 0.148. The van der Waals surface area contributed by atoms with Crippen LogP contribution in [0.1, 0.15) is 34.7 Å². The van der Waals surface area contributed by atoms with Crippen LogP contribution in [0.2, 0.25) is 0 Å². The van der Waals surface area contributed by atoms with Crippen molar-refractivity contribution < 1.29 is 14.7 Å². The third kappa shape index (κ3) is 5.59. The molecule has 2 amide bonds. The number of aliphatic carboxylic acids is 1. The number of hydrogen-bond acceptors (Lipinski definition) is 4. The van der Waals surface area contributed by atoms with E-state index in [0.29, 0.717) is 12.2 Å². The monoisotopic (exact) mass is 330 g/mol. The van der Waals surface area contributed by atoms with Gasteiger partial charge < -0.3 is 15.7 Å². The molecule has 0 saturated carbocycles. The van der Waals surface area contributed by atoms with Crippen LogP contribution in [0.4, 0.5) is 4.79 Å². The zero-order chi connectivity index (χ0) is 16.0. The maximum absolute atomic E-state index is 11.9. The molecule has 0 aromatic carbocycles. The molecule has 5 nitrogen and oxygen atoms in total. The summed E-state index contributed by atoms with van der Waals surface area (Å²) >= 11 is 3.24. The molecule has 1 aromatic rings. The molecule has 1 heterocycles. The number of amides is 2. The van der Waals surface area contributed by atoms with Crippen LogP contribution in [0.3, 0.4) is 0 Å². The number of carbonyl (C=O) groups is 2. The van der Waals surface area contributed by atoms with Gasteiger partial charge in [-0.1, -0.05) is 0 Å². The van der Waals surface area contributed by atoms with Crippen LogP contribution in [0.25, 0.3) is 0 Å². The molecule has 21 heavy (non-hydrogen) atoms. The summed E-state index contributed by atoms with van der Waals surface area (Å²) in [4.78, 5) is 25.4. The third-order valence-electron chi connectivity index (χ3n) is 3.11. The maximum atomic E-state index is 11.9. The third-order valence-corrected chi connectivity index (χ3v) is 4.73. The molecule has 0 radical (unpaired) electrons. The van der Waals surface area contributed by atoms with Crippen LogP contribution in [-0.4, -0.2) is 35.2 Å². The fraction of sp³-hybridized carbons (Fsp3) is 0.571. The SMILES string of the molecule is CSCC[C@@H](NC(=O)NC(C)c1cc(C)sc1C)C(=O)O. The van der Waals surface area contributed by atoms with Crippen molar-refractivity contribution in [1.29, 1.82) is 0 Å². The van der Waals surface area contributed by atoms with Gasteiger partial charge in [-0.25, -0.2) is 9.59 Å². The van der Waals surface area contributed by atoms with E-state index in [1.54, 1.807) is 23.1 Å². The van der Waals surface area contributed by atoms with Gasteiger partial charge in [0, 0.05) is 9.75 Å². The standard InChI is InChI=1S/C14H22N2O3S2/c1-8-7-11(10(3)21-8)9(2)15-14(19)16-12(13(17)18)5-6-20-4/h7,9,12H,5-6H2,1-4H3,(H,17,18)(H2,15,16,19)/t9?,12-/m1/s1. The molecule has 0 aliphatic carbocycles. The van der Waals surface area contributed by atoms with Gasteiger partial charge in [-0.2, -0.15) is 11.8 Å². The van der Waals surface area contributed by atoms with Crippen LogP contribution in [-0.2, 0) is 4.79 Å². The summed E-state index contributed by atoms with van der Waals surface area (Å²) in [5, 5.41) is 14.4. The van der Waals surface area contributed by atoms with E-state index in [9.17, 15) is 9.59 Å². The summed E-state index contributed by atoms with van der Waals surface area (Å²) in [6, 6.07) is 0.604. The molecule has 3 N–H and O–H groups in total. The Bertz CT molecular complexity index is 502. The lowest BCUT2D eigenvalue weighted by atomic mass is 10.1. The Hall–Kier alpha value is -1.21. The number of carbonyl (C=O) groups excluding carboxylic acids is 1. The summed E-state index contributed by atoms with van der Waals surface area (Å²) in [5.74, 6) is -0.315. The molecule has 7 heteroatoms. The van der Waals surface area contributed by atoms with Crippen LogP contribution in [0, 0.1) is 13.8 Å². The first kappa shape index (κ1) is 17.8. The van der Waals surface area contributed by atoms with Gasteiger partial charge in [-0.3, -0.25) is 0 Å². The topological polar surface area (TPSA) is 78.4 Å². The van der Waals surface area contributed by atoms with Crippen molar-refractivity contribution in [2.75, 3.05) is 12.0 Å². The average molecular weight is 330 g/mol. The Kier molecular flexibility index (Phi) is 7.04. The van der Waals surface area contributed by atoms with Crippen LogP contribution < -0.4 is 10.6 Å². The molecule has 0 bridgehead atoms. The Labute approximate surface area is 133 Å². The molecule has 0 aliphatic rings. The lowest BCUT2D eigenvalue weighted by molar-refractivity contribution is -0.139. The summed E-state index contributed by atoms with van der Waals surface area (Å²) in [7, 11) is 0. The number of thioether (sulfide) groups is 1. The summed E-state index contributed by atoms with van der Waals surface area (Å²) in [5.41, 5.74) is 1.07. The predicted molar refractivity (Wildman–Crippen MR) is 88.3 cm³/mol. The number of carboxylic acids is 1. The largest absolute Gasteiger partial charge is 0.480 e. The van der Waals surface area contributed by atoms with E-state index in [1.807, 2.05) is 33.1 Å². The Morgan fingerprint density at radius 1 is 1.38 bits per heavy atom. The van der Waals surface area contributed by atoms with Gasteiger partial charge in [0.05, 0.1) is 6.04 Å². The molecule has 2 atom stereocenters. The van der Waals surface area contributed by atoms with Gasteiger partial charge in [0.1, 0.15) is 6.04 Å². The van der Waals surface area contributed by atoms with Gasteiger partial charge in [0.2, 0.25) is 0 Å². The smallest absolute Gasteiger partial charge is 0.326 e. The number of urea groups is 1. The van der Waals surface area contributed by atoms with E-state index in [1.165, 1.54) is 4.88 Å². The van der Waals surface area contributed by atoms with Gasteiger partial charge in [-0.15, -0.1) is 11.3 Å². The molecule has 0 saturated heterocycles. The quantitative estimate of drug-likeness (QED) is 0.718. The second-order valence-electron chi connectivity index (χ2n) is 4.88. The Balaban J connectivity index is 2.59. The van der Waals surface area contributed by atoms with E-state index in [-0.39, 0.29) is 6.04 Å². The van der Waals surface area contributed by atoms with Gasteiger partial charge in [-0.05, 0) is 50.8 Å². The van der Waals surface area contributed by atoms with Gasteiger partial charge in [0.15, 0.2) is 0 Å². The molecule has 0 fully saturated rings. The van der Waals surface area contributed by atoms with Crippen LogP contribution in [0.15, 0.2) is 6.07 Å². The minimum atomic E-state index is -1.01. The number of thiophene rings is 1. The highest BCUT2D eigenvalue weighted by molar-refractivity contribution is 7.98. The van der Waals surface area contributed by atoms with E-state index in [4.69, 9.17) is 5.11 Å². The molecular weight excluding hydrogens is 308 g/mol. The normalized spacial score (nSPS) is 13.5. The second-order valence-corrected chi connectivity index (χ2v) is 7.33. The predicted octanol–water partition coefficient (Wildman–Crippen LogP) is 2.93. The average Bonchev–Trinajstić information content (AvgIpc) is 2.73. The number of aryl methyl sites for hydroxylation is 2. The first-order valence-corrected chi connectivity index (χ1v) is 8.92. The van der Waals surface area contributed by atoms with Crippen molar-refractivity contribution in [1.82, 2.24) is 10.6 Å². The van der Waals surface area contributed by atoms with Crippen LogP contribution in [0.5, 0.6) is 0 Å². The number of carboxylic acid groups (broad SMARTS) is 1. The Morgan fingerprint density at radius 3 is 2.52 bits per heavy atom.